The lowest BCUT2D eigenvalue weighted by Gasteiger charge is -2.36. The molecule has 1 atom stereocenters. The van der Waals surface area contributed by atoms with E-state index in [-0.39, 0.29) is 23.8 Å². The first-order valence-corrected chi connectivity index (χ1v) is 8.15. The van der Waals surface area contributed by atoms with Gasteiger partial charge in [0.25, 0.3) is 0 Å². The predicted molar refractivity (Wildman–Crippen MR) is 75.1 cm³/mol. The summed E-state index contributed by atoms with van der Waals surface area (Å²) < 4.78 is 5.09. The maximum Gasteiger partial charge on any atom is 0.329 e. The van der Waals surface area contributed by atoms with Crippen LogP contribution in [0.3, 0.4) is 0 Å². The average Bonchev–Trinajstić information content (AvgIpc) is 2.47. The van der Waals surface area contributed by atoms with Crippen molar-refractivity contribution in [3.63, 3.8) is 0 Å². The number of nitrogens with zero attached hydrogens (tertiary/aromatic N) is 1. The largest absolute Gasteiger partial charge is 0.464 e. The van der Waals surface area contributed by atoms with Gasteiger partial charge in [-0.05, 0) is 32.9 Å². The average molecular weight is 286 g/mol. The summed E-state index contributed by atoms with van der Waals surface area (Å²) in [5.41, 5.74) is 0. The van der Waals surface area contributed by atoms with Gasteiger partial charge in [-0.25, -0.2) is 4.79 Å². The summed E-state index contributed by atoms with van der Waals surface area (Å²) in [5, 5.41) is 3.26. The van der Waals surface area contributed by atoms with Gasteiger partial charge in [-0.15, -0.1) is 0 Å². The third-order valence-corrected chi connectivity index (χ3v) is 4.68. The van der Waals surface area contributed by atoms with Crippen molar-refractivity contribution in [1.82, 2.24) is 10.2 Å². The fourth-order valence-electron chi connectivity index (χ4n) is 2.60. The minimum absolute atomic E-state index is 0.0706. The van der Waals surface area contributed by atoms with E-state index in [9.17, 15) is 9.59 Å². The molecule has 0 aliphatic carbocycles. The number of thioether (sulfide) groups is 1. The fourth-order valence-corrected chi connectivity index (χ4v) is 3.64. The minimum atomic E-state index is -0.388. The molecule has 0 bridgehead atoms. The molecule has 2 fully saturated rings. The topological polar surface area (TPSA) is 58.6 Å². The molecule has 1 unspecified atom stereocenters. The summed E-state index contributed by atoms with van der Waals surface area (Å²) >= 11 is 1.72. The van der Waals surface area contributed by atoms with Crippen molar-refractivity contribution in [2.45, 2.75) is 25.8 Å². The van der Waals surface area contributed by atoms with Crippen LogP contribution >= 0.6 is 11.8 Å². The highest BCUT2D eigenvalue weighted by Gasteiger charge is 2.36. The third kappa shape index (κ3) is 3.63. The first-order chi connectivity index (χ1) is 9.24. The Balaban J connectivity index is 2.01. The summed E-state index contributed by atoms with van der Waals surface area (Å²) in [6.07, 6.45) is 1.75. The molecule has 5 nitrogen and oxygen atoms in total. The van der Waals surface area contributed by atoms with Gasteiger partial charge < -0.3 is 15.0 Å². The highest BCUT2D eigenvalue weighted by molar-refractivity contribution is 7.99. The van der Waals surface area contributed by atoms with Crippen LogP contribution in [0.15, 0.2) is 0 Å². The second kappa shape index (κ2) is 7.14. The van der Waals surface area contributed by atoms with Crippen LogP contribution in [-0.2, 0) is 14.3 Å². The number of carbonyl (C=O) groups is 2. The second-order valence-corrected chi connectivity index (χ2v) is 6.05. The van der Waals surface area contributed by atoms with Crippen LogP contribution < -0.4 is 5.32 Å². The van der Waals surface area contributed by atoms with E-state index in [1.807, 2.05) is 0 Å². The van der Waals surface area contributed by atoms with E-state index in [1.165, 1.54) is 0 Å². The molecule has 0 aromatic rings. The number of carbonyl (C=O) groups excluding carboxylic acids is 2. The Morgan fingerprint density at radius 2 is 2.11 bits per heavy atom. The number of esters is 1. The molecular weight excluding hydrogens is 264 g/mol. The Morgan fingerprint density at radius 3 is 2.79 bits per heavy atom. The molecule has 0 saturated carbocycles. The van der Waals surface area contributed by atoms with Gasteiger partial charge in [-0.1, -0.05) is 0 Å². The third-order valence-electron chi connectivity index (χ3n) is 3.66. The summed E-state index contributed by atoms with van der Waals surface area (Å²) in [7, 11) is 0. The first-order valence-electron chi connectivity index (χ1n) is 6.99. The number of hydrogen-bond donors (Lipinski definition) is 1. The number of amides is 1. The van der Waals surface area contributed by atoms with Gasteiger partial charge in [0.05, 0.1) is 6.61 Å². The van der Waals surface area contributed by atoms with Crippen molar-refractivity contribution in [2.24, 2.45) is 5.92 Å². The van der Waals surface area contributed by atoms with Crippen LogP contribution in [0.2, 0.25) is 0 Å². The molecule has 2 heterocycles. The highest BCUT2D eigenvalue weighted by atomic mass is 32.2. The van der Waals surface area contributed by atoms with Gasteiger partial charge in [0.1, 0.15) is 6.04 Å². The molecule has 1 N–H and O–H groups in total. The molecule has 0 aromatic carbocycles. The fraction of sp³-hybridized carbons (Fsp3) is 0.846. The van der Waals surface area contributed by atoms with Crippen molar-refractivity contribution in [2.75, 3.05) is 37.7 Å². The van der Waals surface area contributed by atoms with Crippen LogP contribution in [0.4, 0.5) is 0 Å². The van der Waals surface area contributed by atoms with Crippen LogP contribution in [0.1, 0.15) is 19.8 Å². The molecule has 2 rings (SSSR count). The van der Waals surface area contributed by atoms with Gasteiger partial charge in [-0.3, -0.25) is 4.79 Å². The molecule has 2 aliphatic rings. The van der Waals surface area contributed by atoms with E-state index in [4.69, 9.17) is 4.74 Å². The van der Waals surface area contributed by atoms with E-state index in [1.54, 1.807) is 23.6 Å². The molecular formula is C13H22N2O3S. The number of rotatable bonds is 3. The maximum atomic E-state index is 12.6. The molecule has 2 saturated heterocycles. The van der Waals surface area contributed by atoms with Gasteiger partial charge in [-0.2, -0.15) is 11.8 Å². The molecule has 6 heteroatoms. The van der Waals surface area contributed by atoms with Gasteiger partial charge in [0.15, 0.2) is 0 Å². The Bertz CT molecular complexity index is 332. The predicted octanol–water partition coefficient (Wildman–Crippen LogP) is 0.493. The van der Waals surface area contributed by atoms with Gasteiger partial charge in [0, 0.05) is 24.0 Å². The number of ether oxygens (including phenoxy) is 1. The van der Waals surface area contributed by atoms with Crippen molar-refractivity contribution in [3.05, 3.63) is 0 Å². The Kier molecular flexibility index (Phi) is 5.51. The van der Waals surface area contributed by atoms with Gasteiger partial charge in [0.2, 0.25) is 5.91 Å². The monoisotopic (exact) mass is 286 g/mol. The second-order valence-electron chi connectivity index (χ2n) is 4.90. The zero-order chi connectivity index (χ0) is 13.7. The van der Waals surface area contributed by atoms with Crippen molar-refractivity contribution in [3.8, 4) is 0 Å². The number of hydrogen-bond acceptors (Lipinski definition) is 5. The summed E-state index contributed by atoms with van der Waals surface area (Å²) in [6.45, 7) is 4.62. The summed E-state index contributed by atoms with van der Waals surface area (Å²) in [4.78, 5) is 26.3. The lowest BCUT2D eigenvalue weighted by molar-refractivity contribution is -0.155. The normalized spacial score (nSPS) is 25.1. The van der Waals surface area contributed by atoms with Crippen LogP contribution in [0.5, 0.6) is 0 Å². The van der Waals surface area contributed by atoms with Gasteiger partial charge >= 0.3 is 5.97 Å². The van der Waals surface area contributed by atoms with E-state index < -0.39 is 0 Å². The molecule has 0 aromatic heterocycles. The zero-order valence-corrected chi connectivity index (χ0v) is 12.2. The summed E-state index contributed by atoms with van der Waals surface area (Å²) in [5.74, 6) is 1.53. The lowest BCUT2D eigenvalue weighted by atomic mass is 9.96. The van der Waals surface area contributed by atoms with E-state index in [2.05, 4.69) is 5.32 Å². The zero-order valence-electron chi connectivity index (χ0n) is 11.4. The lowest BCUT2D eigenvalue weighted by Crippen LogP contribution is -2.53. The minimum Gasteiger partial charge on any atom is -0.464 e. The first kappa shape index (κ1) is 14.7. The molecule has 0 spiro atoms. The Hall–Kier alpha value is -0.750. The van der Waals surface area contributed by atoms with E-state index in [0.717, 1.165) is 31.7 Å². The molecule has 108 valence electrons. The Labute approximate surface area is 118 Å². The molecule has 2 aliphatic heterocycles. The van der Waals surface area contributed by atoms with E-state index in [0.29, 0.717) is 18.9 Å². The standard InChI is InChI=1S/C13H22N2O3S/c1-2-18-13(17)11-9-19-8-7-15(11)12(16)10-3-5-14-6-4-10/h10-11,14H,2-9H2,1H3. The van der Waals surface area contributed by atoms with Crippen molar-refractivity contribution in [1.29, 1.82) is 0 Å². The Morgan fingerprint density at radius 1 is 1.37 bits per heavy atom. The SMILES string of the molecule is CCOC(=O)C1CSCCN1C(=O)C1CCNCC1. The quantitative estimate of drug-likeness (QED) is 0.765. The van der Waals surface area contributed by atoms with Crippen LogP contribution in [0, 0.1) is 5.92 Å². The van der Waals surface area contributed by atoms with Crippen molar-refractivity contribution >= 4 is 23.6 Å². The number of piperidine rings is 1. The van der Waals surface area contributed by atoms with E-state index >= 15 is 0 Å². The smallest absolute Gasteiger partial charge is 0.329 e. The number of nitrogens with one attached hydrogen (secondary N) is 1. The summed E-state index contributed by atoms with van der Waals surface area (Å²) in [6, 6.07) is -0.388. The van der Waals surface area contributed by atoms with Crippen LogP contribution in [0.25, 0.3) is 0 Å². The molecule has 0 radical (unpaired) electrons. The highest BCUT2D eigenvalue weighted by Crippen LogP contribution is 2.23. The van der Waals surface area contributed by atoms with Crippen LogP contribution in [-0.4, -0.2) is 60.6 Å². The molecule has 1 amide bonds. The van der Waals surface area contributed by atoms with Crippen molar-refractivity contribution < 1.29 is 14.3 Å². The maximum absolute atomic E-state index is 12.6. The molecule has 19 heavy (non-hydrogen) atoms.